The molecule has 4 heteroatoms. The van der Waals surface area contributed by atoms with Crippen molar-refractivity contribution in [2.75, 3.05) is 5.32 Å². The molecule has 2 aromatic rings. The molecule has 0 aliphatic carbocycles. The number of anilines is 1. The van der Waals surface area contributed by atoms with Crippen LogP contribution in [-0.2, 0) is 13.1 Å². The highest BCUT2D eigenvalue weighted by Gasteiger charge is 2.02. The third-order valence-corrected chi connectivity index (χ3v) is 3.38. The van der Waals surface area contributed by atoms with Gasteiger partial charge in [0.25, 0.3) is 0 Å². The Kier molecular flexibility index (Phi) is 3.84. The lowest BCUT2D eigenvalue weighted by atomic mass is 10.2. The molecule has 0 bridgehead atoms. The number of rotatable bonds is 4. The molecule has 2 rings (SSSR count). The molecular formula is C13H16BrN3. The first-order valence-corrected chi connectivity index (χ1v) is 6.49. The highest BCUT2D eigenvalue weighted by Crippen LogP contribution is 2.23. The van der Waals surface area contributed by atoms with Crippen LogP contribution in [0.15, 0.2) is 35.2 Å². The Bertz CT molecular complexity index is 505. The molecule has 0 unspecified atom stereocenters. The van der Waals surface area contributed by atoms with E-state index in [0.717, 1.165) is 23.2 Å². The van der Waals surface area contributed by atoms with Gasteiger partial charge >= 0.3 is 0 Å². The summed E-state index contributed by atoms with van der Waals surface area (Å²) >= 11 is 3.56. The molecule has 0 atom stereocenters. The van der Waals surface area contributed by atoms with Crippen LogP contribution in [0.4, 0.5) is 5.69 Å². The second kappa shape index (κ2) is 5.36. The monoisotopic (exact) mass is 293 g/mol. The van der Waals surface area contributed by atoms with Gasteiger partial charge < -0.3 is 9.88 Å². The van der Waals surface area contributed by atoms with E-state index in [9.17, 15) is 0 Å². The molecule has 17 heavy (non-hydrogen) atoms. The van der Waals surface area contributed by atoms with E-state index < -0.39 is 0 Å². The zero-order chi connectivity index (χ0) is 12.3. The number of benzene rings is 1. The summed E-state index contributed by atoms with van der Waals surface area (Å²) in [5.74, 6) is 0. The summed E-state index contributed by atoms with van der Waals surface area (Å²) in [4.78, 5) is 4.15. The second-order valence-electron chi connectivity index (χ2n) is 4.01. The minimum Gasteiger partial charge on any atom is -0.378 e. The van der Waals surface area contributed by atoms with E-state index in [2.05, 4.69) is 62.8 Å². The predicted molar refractivity (Wildman–Crippen MR) is 74.1 cm³/mol. The van der Waals surface area contributed by atoms with Crippen LogP contribution >= 0.6 is 15.9 Å². The van der Waals surface area contributed by atoms with Gasteiger partial charge in [-0.1, -0.05) is 6.07 Å². The lowest BCUT2D eigenvalue weighted by Crippen LogP contribution is -2.06. The normalized spacial score (nSPS) is 10.5. The third-order valence-electron chi connectivity index (χ3n) is 2.72. The van der Waals surface area contributed by atoms with E-state index in [1.165, 1.54) is 11.3 Å². The van der Waals surface area contributed by atoms with Gasteiger partial charge in [-0.2, -0.15) is 0 Å². The molecule has 0 aliphatic heterocycles. The van der Waals surface area contributed by atoms with Crippen LogP contribution in [0.25, 0.3) is 0 Å². The fourth-order valence-corrected chi connectivity index (χ4v) is 2.36. The molecule has 0 amide bonds. The highest BCUT2D eigenvalue weighted by atomic mass is 79.9. The molecular weight excluding hydrogens is 278 g/mol. The van der Waals surface area contributed by atoms with Gasteiger partial charge in [0.1, 0.15) is 0 Å². The van der Waals surface area contributed by atoms with Crippen molar-refractivity contribution in [3.05, 3.63) is 46.5 Å². The molecule has 0 saturated heterocycles. The summed E-state index contributed by atoms with van der Waals surface area (Å²) in [6.07, 6.45) is 3.76. The van der Waals surface area contributed by atoms with Crippen molar-refractivity contribution >= 4 is 21.6 Å². The minimum atomic E-state index is 0.787. The maximum Gasteiger partial charge on any atom is 0.0948 e. The van der Waals surface area contributed by atoms with Crippen molar-refractivity contribution in [3.63, 3.8) is 0 Å². The van der Waals surface area contributed by atoms with E-state index in [1.54, 1.807) is 0 Å². The zero-order valence-corrected chi connectivity index (χ0v) is 11.7. The van der Waals surface area contributed by atoms with Crippen LogP contribution in [-0.4, -0.2) is 9.55 Å². The first-order valence-electron chi connectivity index (χ1n) is 5.69. The molecule has 90 valence electrons. The number of nitrogens with one attached hydrogen (secondary N) is 1. The maximum atomic E-state index is 4.15. The number of imidazole rings is 1. The summed E-state index contributed by atoms with van der Waals surface area (Å²) in [7, 11) is 0. The number of halogens is 1. The molecule has 3 nitrogen and oxygen atoms in total. The van der Waals surface area contributed by atoms with Crippen molar-refractivity contribution in [1.82, 2.24) is 9.55 Å². The molecule has 1 aromatic heterocycles. The average molecular weight is 294 g/mol. The summed E-state index contributed by atoms with van der Waals surface area (Å²) < 4.78 is 3.23. The Labute approximate surface area is 110 Å². The molecule has 1 N–H and O–H groups in total. The van der Waals surface area contributed by atoms with E-state index in [-0.39, 0.29) is 0 Å². The van der Waals surface area contributed by atoms with Crippen molar-refractivity contribution in [1.29, 1.82) is 0 Å². The lowest BCUT2D eigenvalue weighted by molar-refractivity contribution is 0.719. The van der Waals surface area contributed by atoms with Gasteiger partial charge in [0, 0.05) is 22.9 Å². The average Bonchev–Trinajstić information content (AvgIpc) is 2.75. The molecule has 0 spiro atoms. The van der Waals surface area contributed by atoms with E-state index in [0.29, 0.717) is 0 Å². The van der Waals surface area contributed by atoms with Crippen molar-refractivity contribution in [2.45, 2.75) is 26.9 Å². The Morgan fingerprint density at radius 3 is 2.94 bits per heavy atom. The van der Waals surface area contributed by atoms with Crippen molar-refractivity contribution < 1.29 is 0 Å². The van der Waals surface area contributed by atoms with Crippen LogP contribution in [0.3, 0.4) is 0 Å². The minimum absolute atomic E-state index is 0.787. The smallest absolute Gasteiger partial charge is 0.0948 e. The van der Waals surface area contributed by atoms with Gasteiger partial charge in [0.15, 0.2) is 0 Å². The molecule has 0 radical (unpaired) electrons. The molecule has 1 heterocycles. The first kappa shape index (κ1) is 12.2. The van der Waals surface area contributed by atoms with Crippen LogP contribution in [0.1, 0.15) is 18.2 Å². The van der Waals surface area contributed by atoms with Gasteiger partial charge in [-0.05, 0) is 47.5 Å². The second-order valence-corrected chi connectivity index (χ2v) is 4.86. The van der Waals surface area contributed by atoms with Crippen LogP contribution in [0.2, 0.25) is 0 Å². The number of aryl methyl sites for hydroxylation is 2. The van der Waals surface area contributed by atoms with Gasteiger partial charge in [-0.25, -0.2) is 4.98 Å². The fourth-order valence-electron chi connectivity index (χ4n) is 1.73. The van der Waals surface area contributed by atoms with Gasteiger partial charge in [0.05, 0.1) is 18.6 Å². The lowest BCUT2D eigenvalue weighted by Gasteiger charge is -2.10. The highest BCUT2D eigenvalue weighted by molar-refractivity contribution is 9.10. The Hall–Kier alpha value is -1.29. The van der Waals surface area contributed by atoms with Crippen molar-refractivity contribution in [3.8, 4) is 0 Å². The van der Waals surface area contributed by atoms with Crippen LogP contribution < -0.4 is 5.32 Å². The van der Waals surface area contributed by atoms with Gasteiger partial charge in [-0.3, -0.25) is 0 Å². The fraction of sp³-hybridized carbons (Fsp3) is 0.308. The van der Waals surface area contributed by atoms with Crippen molar-refractivity contribution in [2.24, 2.45) is 0 Å². The van der Waals surface area contributed by atoms with Gasteiger partial charge in [0.2, 0.25) is 0 Å². The standard InChI is InChI=1S/C13H16BrN3/c1-3-17-9-15-7-11(17)8-16-13-5-4-10(2)6-12(13)14/h4-7,9,16H,3,8H2,1-2H3. The third kappa shape index (κ3) is 2.88. The van der Waals surface area contributed by atoms with Gasteiger partial charge in [-0.15, -0.1) is 0 Å². The molecule has 0 fully saturated rings. The quantitative estimate of drug-likeness (QED) is 0.934. The summed E-state index contributed by atoms with van der Waals surface area (Å²) in [6, 6.07) is 6.30. The van der Waals surface area contributed by atoms with E-state index in [1.807, 2.05) is 12.5 Å². The topological polar surface area (TPSA) is 29.9 Å². The summed E-state index contributed by atoms with van der Waals surface area (Å²) in [5.41, 5.74) is 3.56. The number of hydrogen-bond acceptors (Lipinski definition) is 2. The predicted octanol–water partition coefficient (Wildman–Crippen LogP) is 3.59. The Balaban J connectivity index is 2.07. The van der Waals surface area contributed by atoms with Crippen LogP contribution in [0, 0.1) is 6.92 Å². The first-order chi connectivity index (χ1) is 8.20. The van der Waals surface area contributed by atoms with Crippen LogP contribution in [0.5, 0.6) is 0 Å². The van der Waals surface area contributed by atoms with E-state index >= 15 is 0 Å². The number of hydrogen-bond donors (Lipinski definition) is 1. The SMILES string of the molecule is CCn1cncc1CNc1ccc(C)cc1Br. The Morgan fingerprint density at radius 2 is 2.24 bits per heavy atom. The number of aromatic nitrogens is 2. The van der Waals surface area contributed by atoms with E-state index in [4.69, 9.17) is 0 Å². The molecule has 0 saturated carbocycles. The zero-order valence-electron chi connectivity index (χ0n) is 10.1. The number of nitrogens with zero attached hydrogens (tertiary/aromatic N) is 2. The largest absolute Gasteiger partial charge is 0.378 e. The summed E-state index contributed by atoms with van der Waals surface area (Å²) in [6.45, 7) is 5.94. The maximum absolute atomic E-state index is 4.15. The molecule has 0 aliphatic rings. The molecule has 1 aromatic carbocycles. The Morgan fingerprint density at radius 1 is 1.41 bits per heavy atom. The summed E-state index contributed by atoms with van der Waals surface area (Å²) in [5, 5.41) is 3.41.